The van der Waals surface area contributed by atoms with Crippen molar-refractivity contribution in [2.24, 2.45) is 0 Å². The number of carbonyl (C=O) groups is 1. The molecule has 21 heavy (non-hydrogen) atoms. The molecule has 8 heteroatoms. The lowest BCUT2D eigenvalue weighted by Crippen LogP contribution is -2.29. The Bertz CT molecular complexity index is 579. The minimum absolute atomic E-state index is 0.0662. The van der Waals surface area contributed by atoms with Crippen LogP contribution in [0.2, 0.25) is 0 Å². The summed E-state index contributed by atoms with van der Waals surface area (Å²) in [5.74, 6) is -0.148. The molecule has 2 rings (SSSR count). The zero-order valence-electron chi connectivity index (χ0n) is 11.5. The van der Waals surface area contributed by atoms with Crippen molar-refractivity contribution in [1.82, 2.24) is 5.32 Å². The molecule has 0 aromatic carbocycles. The van der Waals surface area contributed by atoms with Gasteiger partial charge in [-0.25, -0.2) is 8.42 Å². The molecule has 118 valence electrons. The molecule has 5 nitrogen and oxygen atoms in total. The molecular formula is C13H18ClNO4S2. The molecule has 0 radical (unpaired) electrons. The van der Waals surface area contributed by atoms with E-state index >= 15 is 0 Å². The standard InChI is InChI=1S/C13H18ClNO4S2/c14-21(17,18)13-6-5-11(20-13)9-12(16)15-7-8-19-10-3-1-2-4-10/h5-6,10H,1-4,7-9H2,(H,15,16). The SMILES string of the molecule is O=C(Cc1ccc(S(=O)(=O)Cl)s1)NCCOC1CCCC1. The van der Waals surface area contributed by atoms with E-state index in [1.54, 1.807) is 6.07 Å². The van der Waals surface area contributed by atoms with Crippen LogP contribution in [-0.2, 0) is 25.0 Å². The van der Waals surface area contributed by atoms with E-state index in [2.05, 4.69) is 5.32 Å². The van der Waals surface area contributed by atoms with Crippen LogP contribution in [0.4, 0.5) is 0 Å². The first kappa shape index (κ1) is 16.7. The molecule has 0 aliphatic heterocycles. The van der Waals surface area contributed by atoms with Crippen LogP contribution in [0.5, 0.6) is 0 Å². The Kier molecular flexibility index (Phi) is 6.04. The molecule has 0 saturated heterocycles. The van der Waals surface area contributed by atoms with Gasteiger partial charge < -0.3 is 10.1 Å². The van der Waals surface area contributed by atoms with Gasteiger partial charge in [0.2, 0.25) is 5.91 Å². The topological polar surface area (TPSA) is 72.5 Å². The highest BCUT2D eigenvalue weighted by atomic mass is 35.7. The largest absolute Gasteiger partial charge is 0.376 e. The predicted octanol–water partition coefficient (Wildman–Crippen LogP) is 2.29. The molecule has 1 N–H and O–H groups in total. The molecule has 1 aliphatic carbocycles. The normalized spacial score (nSPS) is 16.2. The molecular weight excluding hydrogens is 334 g/mol. The van der Waals surface area contributed by atoms with E-state index in [0.717, 1.165) is 24.2 Å². The van der Waals surface area contributed by atoms with Crippen LogP contribution in [0, 0.1) is 0 Å². The van der Waals surface area contributed by atoms with E-state index < -0.39 is 9.05 Å². The molecule has 1 heterocycles. The number of hydrogen-bond donors (Lipinski definition) is 1. The third-order valence-electron chi connectivity index (χ3n) is 3.29. The summed E-state index contributed by atoms with van der Waals surface area (Å²) in [6.07, 6.45) is 5.16. The summed E-state index contributed by atoms with van der Waals surface area (Å²) in [5, 5.41) is 2.76. The molecule has 0 atom stereocenters. The van der Waals surface area contributed by atoms with Crippen LogP contribution in [0.3, 0.4) is 0 Å². The number of ether oxygens (including phenoxy) is 1. The number of halogens is 1. The Hall–Kier alpha value is -0.630. The number of carbonyl (C=O) groups excluding carboxylic acids is 1. The summed E-state index contributed by atoms with van der Waals surface area (Å²) in [5.41, 5.74) is 0. The van der Waals surface area contributed by atoms with Crippen molar-refractivity contribution in [2.75, 3.05) is 13.2 Å². The third-order valence-corrected chi connectivity index (χ3v) is 6.47. The first-order chi connectivity index (χ1) is 9.95. The average molecular weight is 352 g/mol. The van der Waals surface area contributed by atoms with Gasteiger partial charge >= 0.3 is 0 Å². The number of hydrogen-bond acceptors (Lipinski definition) is 5. The molecule has 1 saturated carbocycles. The Morgan fingerprint density at radius 1 is 1.38 bits per heavy atom. The predicted molar refractivity (Wildman–Crippen MR) is 82.3 cm³/mol. The first-order valence-electron chi connectivity index (χ1n) is 6.87. The zero-order chi connectivity index (χ0) is 15.3. The van der Waals surface area contributed by atoms with Gasteiger partial charge in [0.1, 0.15) is 4.21 Å². The maximum atomic E-state index is 11.7. The molecule has 1 aromatic rings. The van der Waals surface area contributed by atoms with Crippen LogP contribution in [0.15, 0.2) is 16.3 Å². The van der Waals surface area contributed by atoms with Crippen LogP contribution in [-0.4, -0.2) is 33.6 Å². The number of thiophene rings is 1. The first-order valence-corrected chi connectivity index (χ1v) is 9.99. The fraction of sp³-hybridized carbons (Fsp3) is 0.615. The van der Waals surface area contributed by atoms with Crippen molar-refractivity contribution in [3.05, 3.63) is 17.0 Å². The minimum Gasteiger partial charge on any atom is -0.376 e. The molecule has 1 aromatic heterocycles. The summed E-state index contributed by atoms with van der Waals surface area (Å²) in [6, 6.07) is 3.02. The van der Waals surface area contributed by atoms with Crippen molar-refractivity contribution in [3.8, 4) is 0 Å². The van der Waals surface area contributed by atoms with Crippen LogP contribution in [0.1, 0.15) is 30.6 Å². The second-order valence-electron chi connectivity index (χ2n) is 4.96. The van der Waals surface area contributed by atoms with Gasteiger partial charge in [0.05, 0.1) is 19.1 Å². The highest BCUT2D eigenvalue weighted by Crippen LogP contribution is 2.25. The van der Waals surface area contributed by atoms with Gasteiger partial charge in [-0.3, -0.25) is 4.79 Å². The third kappa shape index (κ3) is 5.58. The fourth-order valence-corrected chi connectivity index (χ4v) is 4.40. The summed E-state index contributed by atoms with van der Waals surface area (Å²) >= 11 is 1.02. The number of rotatable bonds is 7. The van der Waals surface area contributed by atoms with Gasteiger partial charge in [-0.2, -0.15) is 0 Å². The average Bonchev–Trinajstić information content (AvgIpc) is 3.04. The molecule has 1 amide bonds. The molecule has 0 spiro atoms. The van der Waals surface area contributed by atoms with E-state index in [1.807, 2.05) is 0 Å². The summed E-state index contributed by atoms with van der Waals surface area (Å²) in [4.78, 5) is 12.4. The Morgan fingerprint density at radius 2 is 2.10 bits per heavy atom. The van der Waals surface area contributed by atoms with E-state index in [1.165, 1.54) is 18.9 Å². The quantitative estimate of drug-likeness (QED) is 0.604. The van der Waals surface area contributed by atoms with Crippen molar-refractivity contribution in [2.45, 2.75) is 42.4 Å². The van der Waals surface area contributed by atoms with Gasteiger partial charge in [-0.05, 0) is 25.0 Å². The molecule has 1 aliphatic rings. The second kappa shape index (κ2) is 7.58. The maximum Gasteiger partial charge on any atom is 0.270 e. The van der Waals surface area contributed by atoms with E-state index in [-0.39, 0.29) is 16.5 Å². The second-order valence-corrected chi connectivity index (χ2v) is 8.92. The van der Waals surface area contributed by atoms with Crippen molar-refractivity contribution < 1.29 is 17.9 Å². The van der Waals surface area contributed by atoms with Gasteiger partial charge in [-0.1, -0.05) is 12.8 Å². The fourth-order valence-electron chi connectivity index (χ4n) is 2.28. The monoisotopic (exact) mass is 351 g/mol. The van der Waals surface area contributed by atoms with Gasteiger partial charge in [0, 0.05) is 22.1 Å². The number of amides is 1. The minimum atomic E-state index is -3.71. The van der Waals surface area contributed by atoms with Gasteiger partial charge in [0.25, 0.3) is 9.05 Å². The molecule has 0 bridgehead atoms. The summed E-state index contributed by atoms with van der Waals surface area (Å²) in [7, 11) is 1.53. The summed E-state index contributed by atoms with van der Waals surface area (Å²) in [6.45, 7) is 0.990. The lowest BCUT2D eigenvalue weighted by molar-refractivity contribution is -0.120. The molecule has 1 fully saturated rings. The zero-order valence-corrected chi connectivity index (χ0v) is 13.9. The van der Waals surface area contributed by atoms with Crippen LogP contribution < -0.4 is 5.32 Å². The van der Waals surface area contributed by atoms with Crippen molar-refractivity contribution in [3.63, 3.8) is 0 Å². The molecule has 0 unspecified atom stereocenters. The highest BCUT2D eigenvalue weighted by molar-refractivity contribution is 8.15. The van der Waals surface area contributed by atoms with Gasteiger partial charge in [-0.15, -0.1) is 11.3 Å². The highest BCUT2D eigenvalue weighted by Gasteiger charge is 2.16. The number of nitrogens with one attached hydrogen (secondary N) is 1. The Balaban J connectivity index is 1.68. The lowest BCUT2D eigenvalue weighted by atomic mass is 10.3. The Labute approximate surface area is 133 Å². The van der Waals surface area contributed by atoms with Crippen LogP contribution >= 0.6 is 22.0 Å². The maximum absolute atomic E-state index is 11.7. The van der Waals surface area contributed by atoms with E-state index in [9.17, 15) is 13.2 Å². The van der Waals surface area contributed by atoms with Gasteiger partial charge in [0.15, 0.2) is 0 Å². The summed E-state index contributed by atoms with van der Waals surface area (Å²) < 4.78 is 28.0. The smallest absolute Gasteiger partial charge is 0.270 e. The lowest BCUT2D eigenvalue weighted by Gasteiger charge is -2.11. The van der Waals surface area contributed by atoms with Crippen molar-refractivity contribution in [1.29, 1.82) is 0 Å². The van der Waals surface area contributed by atoms with Crippen LogP contribution in [0.25, 0.3) is 0 Å². The Morgan fingerprint density at radius 3 is 2.71 bits per heavy atom. The van der Waals surface area contributed by atoms with E-state index in [0.29, 0.717) is 24.1 Å². The van der Waals surface area contributed by atoms with E-state index in [4.69, 9.17) is 15.4 Å². The van der Waals surface area contributed by atoms with Crippen molar-refractivity contribution >= 4 is 37.0 Å².